The van der Waals surface area contributed by atoms with Crippen molar-refractivity contribution >= 4 is 16.3 Å². The molecule has 158 valence electrons. The van der Waals surface area contributed by atoms with Crippen molar-refractivity contribution in [3.63, 3.8) is 0 Å². The summed E-state index contributed by atoms with van der Waals surface area (Å²) in [4.78, 5) is 20.5. The summed E-state index contributed by atoms with van der Waals surface area (Å²) in [7, 11) is 0. The Hall–Kier alpha value is -2.38. The smallest absolute Gasteiger partial charge is 0.258 e. The molecule has 2 aliphatic rings. The van der Waals surface area contributed by atoms with E-state index in [9.17, 15) is 4.79 Å². The Bertz CT molecular complexity index is 1110. The van der Waals surface area contributed by atoms with Crippen LogP contribution >= 0.6 is 11.3 Å². The van der Waals surface area contributed by atoms with Gasteiger partial charge in [-0.15, -0.1) is 11.3 Å². The van der Waals surface area contributed by atoms with Gasteiger partial charge in [0, 0.05) is 36.8 Å². The highest BCUT2D eigenvalue weighted by atomic mass is 32.1. The van der Waals surface area contributed by atoms with E-state index in [1.54, 1.807) is 16.7 Å². The molecule has 3 atom stereocenters. The normalized spacial score (nSPS) is 23.4. The molecule has 1 aliphatic heterocycles. The Kier molecular flexibility index (Phi) is 5.25. The van der Waals surface area contributed by atoms with Gasteiger partial charge in [0.2, 0.25) is 6.79 Å². The van der Waals surface area contributed by atoms with Gasteiger partial charge in [0.05, 0.1) is 5.69 Å². The van der Waals surface area contributed by atoms with Crippen molar-refractivity contribution in [2.75, 3.05) is 6.79 Å². The maximum absolute atomic E-state index is 12.5. The third kappa shape index (κ3) is 3.72. The van der Waals surface area contributed by atoms with Gasteiger partial charge in [-0.1, -0.05) is 32.8 Å². The van der Waals surface area contributed by atoms with Gasteiger partial charge in [0.1, 0.15) is 0 Å². The Morgan fingerprint density at radius 3 is 2.93 bits per heavy atom. The Morgan fingerprint density at radius 1 is 1.17 bits per heavy atom. The summed E-state index contributed by atoms with van der Waals surface area (Å²) in [6.45, 7) is 6.47. The first-order chi connectivity index (χ1) is 14.6. The van der Waals surface area contributed by atoms with Crippen molar-refractivity contribution in [2.45, 2.75) is 52.2 Å². The van der Waals surface area contributed by atoms with E-state index in [-0.39, 0.29) is 12.4 Å². The van der Waals surface area contributed by atoms with E-state index in [2.05, 4.69) is 30.9 Å². The van der Waals surface area contributed by atoms with Gasteiger partial charge in [-0.05, 0) is 36.0 Å². The molecule has 0 N–H and O–H groups in total. The van der Waals surface area contributed by atoms with Crippen LogP contribution in [0.5, 0.6) is 11.5 Å². The monoisotopic (exact) mass is 425 g/mol. The third-order valence-electron chi connectivity index (χ3n) is 6.68. The van der Waals surface area contributed by atoms with Gasteiger partial charge in [-0.3, -0.25) is 14.1 Å². The quantitative estimate of drug-likeness (QED) is 0.610. The van der Waals surface area contributed by atoms with Gasteiger partial charge < -0.3 is 9.47 Å². The zero-order valence-corrected chi connectivity index (χ0v) is 18.2. The van der Waals surface area contributed by atoms with Crippen LogP contribution in [0.4, 0.5) is 0 Å². The van der Waals surface area contributed by atoms with Crippen LogP contribution in [0.15, 0.2) is 40.6 Å². The Morgan fingerprint density at radius 2 is 2.03 bits per heavy atom. The van der Waals surface area contributed by atoms with Crippen molar-refractivity contribution in [2.24, 2.45) is 11.8 Å². The second-order valence-corrected chi connectivity index (χ2v) is 9.44. The van der Waals surface area contributed by atoms with Crippen LogP contribution in [0.2, 0.25) is 0 Å². The summed E-state index contributed by atoms with van der Waals surface area (Å²) in [5.41, 5.74) is 2.02. The summed E-state index contributed by atoms with van der Waals surface area (Å²) in [5.74, 6) is 2.91. The number of rotatable bonds is 5. The van der Waals surface area contributed by atoms with Crippen molar-refractivity contribution in [3.05, 3.63) is 57.5 Å². The Labute approximate surface area is 180 Å². The summed E-state index contributed by atoms with van der Waals surface area (Å²) < 4.78 is 12.7. The second-order valence-electron chi connectivity index (χ2n) is 8.57. The lowest BCUT2D eigenvalue weighted by Crippen LogP contribution is -2.43. The van der Waals surface area contributed by atoms with E-state index in [0.29, 0.717) is 24.4 Å². The highest BCUT2D eigenvalue weighted by molar-refractivity contribution is 7.15. The minimum Gasteiger partial charge on any atom is -0.454 e. The van der Waals surface area contributed by atoms with Crippen LogP contribution in [0.1, 0.15) is 44.4 Å². The summed E-state index contributed by atoms with van der Waals surface area (Å²) in [6, 6.07) is 8.33. The standard InChI is InChI=1S/C23H27N3O3S/c1-15-4-3-5-19(16(15)2)25(12-17-6-7-20-21(10-17)29-14-28-20)13-18-11-22(27)26-8-9-30-23(26)24-18/h6-11,15-16,19H,3-5,12-14H2,1-2H3/t15-,16+,19-/m1/s1. The SMILES string of the molecule is C[C@H]1[C@H](C)CCC[C@H]1N(Cc1ccc2c(c1)OCO2)Cc1cc(=O)n2ccsc2n1. The first-order valence-electron chi connectivity index (χ1n) is 10.7. The molecule has 30 heavy (non-hydrogen) atoms. The van der Waals surface area contributed by atoms with Gasteiger partial charge in [-0.2, -0.15) is 0 Å². The lowest BCUT2D eigenvalue weighted by atomic mass is 9.77. The van der Waals surface area contributed by atoms with Crippen LogP contribution in [-0.4, -0.2) is 27.1 Å². The lowest BCUT2D eigenvalue weighted by Gasteiger charge is -2.41. The molecule has 0 unspecified atom stereocenters. The molecule has 5 rings (SSSR count). The lowest BCUT2D eigenvalue weighted by molar-refractivity contribution is 0.0676. The van der Waals surface area contributed by atoms with Crippen LogP contribution < -0.4 is 15.0 Å². The van der Waals surface area contributed by atoms with E-state index in [0.717, 1.165) is 28.7 Å². The van der Waals surface area contributed by atoms with Gasteiger partial charge in [0.25, 0.3) is 5.56 Å². The van der Waals surface area contributed by atoms with Crippen molar-refractivity contribution < 1.29 is 9.47 Å². The molecule has 7 heteroatoms. The minimum absolute atomic E-state index is 0.00987. The molecule has 6 nitrogen and oxygen atoms in total. The third-order valence-corrected chi connectivity index (χ3v) is 7.43. The average Bonchev–Trinajstić information content (AvgIpc) is 3.38. The van der Waals surface area contributed by atoms with Gasteiger partial charge in [-0.25, -0.2) is 4.98 Å². The zero-order chi connectivity index (χ0) is 20.7. The number of hydrogen-bond donors (Lipinski definition) is 0. The van der Waals surface area contributed by atoms with Crippen LogP contribution in [0, 0.1) is 11.8 Å². The Balaban J connectivity index is 1.46. The molecule has 3 heterocycles. The summed E-state index contributed by atoms with van der Waals surface area (Å²) in [5, 5.41) is 1.91. The molecule has 1 aromatic carbocycles. The van der Waals surface area contributed by atoms with E-state index >= 15 is 0 Å². The molecule has 2 aromatic heterocycles. The minimum atomic E-state index is -0.00987. The first-order valence-corrected chi connectivity index (χ1v) is 11.5. The fourth-order valence-corrected chi connectivity index (χ4v) is 5.55. The number of nitrogens with zero attached hydrogens (tertiary/aromatic N) is 3. The highest BCUT2D eigenvalue weighted by Gasteiger charge is 2.32. The van der Waals surface area contributed by atoms with Crippen LogP contribution in [-0.2, 0) is 13.1 Å². The summed E-state index contributed by atoms with van der Waals surface area (Å²) >= 11 is 1.50. The topological polar surface area (TPSA) is 56.1 Å². The predicted octanol–water partition coefficient (Wildman–Crippen LogP) is 4.31. The summed E-state index contributed by atoms with van der Waals surface area (Å²) in [6.07, 6.45) is 5.49. The fourth-order valence-electron chi connectivity index (χ4n) is 4.81. The number of thiazole rings is 1. The van der Waals surface area contributed by atoms with E-state index < -0.39 is 0 Å². The second kappa shape index (κ2) is 8.04. The largest absolute Gasteiger partial charge is 0.454 e. The van der Waals surface area contributed by atoms with Crippen LogP contribution in [0.25, 0.3) is 4.96 Å². The molecule has 0 bridgehead atoms. The number of aromatic nitrogens is 2. The van der Waals surface area contributed by atoms with E-state index in [4.69, 9.17) is 14.5 Å². The first kappa shape index (κ1) is 19.6. The maximum atomic E-state index is 12.5. The fraction of sp³-hybridized carbons (Fsp3) is 0.478. The molecule has 0 saturated heterocycles. The van der Waals surface area contributed by atoms with Gasteiger partial charge >= 0.3 is 0 Å². The van der Waals surface area contributed by atoms with Gasteiger partial charge in [0.15, 0.2) is 16.5 Å². The highest BCUT2D eigenvalue weighted by Crippen LogP contribution is 2.36. The number of fused-ring (bicyclic) bond motifs is 2. The van der Waals surface area contributed by atoms with E-state index in [1.807, 2.05) is 11.4 Å². The average molecular weight is 426 g/mol. The van der Waals surface area contributed by atoms with Crippen molar-refractivity contribution in [1.82, 2.24) is 14.3 Å². The van der Waals surface area contributed by atoms with Crippen molar-refractivity contribution in [3.8, 4) is 11.5 Å². The molecular formula is C23H27N3O3S. The molecule has 1 saturated carbocycles. The maximum Gasteiger partial charge on any atom is 0.258 e. The molecule has 0 spiro atoms. The molecule has 1 aliphatic carbocycles. The number of benzene rings is 1. The molecular weight excluding hydrogens is 398 g/mol. The number of hydrogen-bond acceptors (Lipinski definition) is 6. The number of ether oxygens (including phenoxy) is 2. The molecule has 0 amide bonds. The zero-order valence-electron chi connectivity index (χ0n) is 17.4. The molecule has 1 fully saturated rings. The van der Waals surface area contributed by atoms with Crippen LogP contribution in [0.3, 0.4) is 0 Å². The van der Waals surface area contributed by atoms with E-state index in [1.165, 1.54) is 36.2 Å². The molecule has 0 radical (unpaired) electrons. The predicted molar refractivity (Wildman–Crippen MR) is 117 cm³/mol. The van der Waals surface area contributed by atoms with Crippen molar-refractivity contribution in [1.29, 1.82) is 0 Å². The molecule has 3 aromatic rings.